The van der Waals surface area contributed by atoms with E-state index in [1.807, 2.05) is 20.8 Å². The molecule has 1 saturated heterocycles. The average molecular weight is 286 g/mol. The number of urea groups is 1. The van der Waals surface area contributed by atoms with Crippen molar-refractivity contribution in [2.24, 2.45) is 5.41 Å². The minimum atomic E-state index is -0.890. The molecule has 0 aromatic rings. The number of ether oxygens (including phenoxy) is 1. The highest BCUT2D eigenvalue weighted by Crippen LogP contribution is 2.22. The van der Waals surface area contributed by atoms with Crippen LogP contribution in [0.3, 0.4) is 0 Å². The Hall–Kier alpha value is -1.30. The van der Waals surface area contributed by atoms with E-state index in [1.54, 1.807) is 4.90 Å². The molecule has 1 heterocycles. The third kappa shape index (κ3) is 6.75. The van der Waals surface area contributed by atoms with Crippen molar-refractivity contribution < 1.29 is 19.4 Å². The minimum Gasteiger partial charge on any atom is -0.481 e. The van der Waals surface area contributed by atoms with Crippen LogP contribution < -0.4 is 5.32 Å². The first-order valence-corrected chi connectivity index (χ1v) is 7.13. The molecule has 0 bridgehead atoms. The molecule has 116 valence electrons. The Morgan fingerprint density at radius 2 is 2.00 bits per heavy atom. The molecule has 0 aromatic carbocycles. The second-order valence-corrected chi connectivity index (χ2v) is 6.46. The fraction of sp³-hybridized carbons (Fsp3) is 0.857. The van der Waals surface area contributed by atoms with E-state index in [9.17, 15) is 9.59 Å². The maximum atomic E-state index is 12.2. The Morgan fingerprint density at radius 3 is 2.60 bits per heavy atom. The average Bonchev–Trinajstić information content (AvgIpc) is 2.53. The molecule has 0 aromatic heterocycles. The maximum Gasteiger partial charge on any atom is 0.317 e. The van der Waals surface area contributed by atoms with Crippen LogP contribution in [-0.2, 0) is 9.53 Å². The fourth-order valence-electron chi connectivity index (χ4n) is 2.34. The van der Waals surface area contributed by atoms with E-state index in [4.69, 9.17) is 9.84 Å². The summed E-state index contributed by atoms with van der Waals surface area (Å²) in [6.07, 6.45) is 1.40. The van der Waals surface area contributed by atoms with Crippen molar-refractivity contribution in [3.63, 3.8) is 0 Å². The predicted octanol–water partition coefficient (Wildman–Crippen LogP) is 1.70. The van der Waals surface area contributed by atoms with Gasteiger partial charge in [0.1, 0.15) is 0 Å². The highest BCUT2D eigenvalue weighted by Gasteiger charge is 2.25. The van der Waals surface area contributed by atoms with Crippen molar-refractivity contribution in [2.45, 2.75) is 46.1 Å². The first-order chi connectivity index (χ1) is 9.28. The van der Waals surface area contributed by atoms with E-state index in [-0.39, 0.29) is 23.9 Å². The van der Waals surface area contributed by atoms with E-state index >= 15 is 0 Å². The van der Waals surface area contributed by atoms with Gasteiger partial charge in [-0.1, -0.05) is 20.8 Å². The topological polar surface area (TPSA) is 78.9 Å². The van der Waals surface area contributed by atoms with E-state index < -0.39 is 5.97 Å². The number of hydrogen-bond acceptors (Lipinski definition) is 3. The number of rotatable bonds is 4. The first kappa shape index (κ1) is 16.8. The van der Waals surface area contributed by atoms with Gasteiger partial charge >= 0.3 is 12.0 Å². The van der Waals surface area contributed by atoms with E-state index in [0.717, 1.165) is 6.42 Å². The van der Waals surface area contributed by atoms with Crippen molar-refractivity contribution in [2.75, 3.05) is 26.3 Å². The molecule has 0 radical (unpaired) electrons. The molecule has 2 N–H and O–H groups in total. The lowest BCUT2D eigenvalue weighted by atomic mass is 9.87. The SMILES string of the molecule is CC(C)(C)CC(CC(=O)O)NC(=O)N1CCCOCC1. The summed E-state index contributed by atoms with van der Waals surface area (Å²) in [5.74, 6) is -0.890. The molecule has 1 fully saturated rings. The van der Waals surface area contributed by atoms with Gasteiger partial charge in [-0.2, -0.15) is 0 Å². The second-order valence-electron chi connectivity index (χ2n) is 6.46. The molecule has 1 atom stereocenters. The molecule has 0 saturated carbocycles. The van der Waals surface area contributed by atoms with Gasteiger partial charge in [0.2, 0.25) is 0 Å². The number of amides is 2. The molecule has 1 aliphatic rings. The second kappa shape index (κ2) is 7.47. The lowest BCUT2D eigenvalue weighted by Crippen LogP contribution is -2.47. The van der Waals surface area contributed by atoms with Gasteiger partial charge in [-0.3, -0.25) is 4.79 Å². The van der Waals surface area contributed by atoms with E-state index in [2.05, 4.69) is 5.32 Å². The molecule has 2 amide bonds. The molecule has 1 aliphatic heterocycles. The fourth-order valence-corrected chi connectivity index (χ4v) is 2.34. The number of nitrogens with one attached hydrogen (secondary N) is 1. The van der Waals surface area contributed by atoms with Crippen LogP contribution in [-0.4, -0.2) is 54.4 Å². The molecular weight excluding hydrogens is 260 g/mol. The molecule has 0 spiro atoms. The summed E-state index contributed by atoms with van der Waals surface area (Å²) >= 11 is 0. The Labute approximate surface area is 120 Å². The number of carboxylic acid groups (broad SMARTS) is 1. The molecule has 1 rings (SSSR count). The Kier molecular flexibility index (Phi) is 6.26. The van der Waals surface area contributed by atoms with Gasteiger partial charge in [0.15, 0.2) is 0 Å². The number of carbonyl (C=O) groups excluding carboxylic acids is 1. The summed E-state index contributed by atoms with van der Waals surface area (Å²) in [5, 5.41) is 11.8. The summed E-state index contributed by atoms with van der Waals surface area (Å²) in [6.45, 7) is 8.53. The lowest BCUT2D eigenvalue weighted by molar-refractivity contribution is -0.137. The van der Waals surface area contributed by atoms with Crippen molar-refractivity contribution in [1.82, 2.24) is 10.2 Å². The number of carbonyl (C=O) groups is 2. The van der Waals surface area contributed by atoms with Gasteiger partial charge < -0.3 is 20.1 Å². The highest BCUT2D eigenvalue weighted by atomic mass is 16.5. The number of hydrogen-bond donors (Lipinski definition) is 2. The van der Waals surface area contributed by atoms with Crippen LogP contribution in [0.25, 0.3) is 0 Å². The van der Waals surface area contributed by atoms with Gasteiger partial charge in [-0.05, 0) is 18.3 Å². The van der Waals surface area contributed by atoms with E-state index in [0.29, 0.717) is 32.7 Å². The van der Waals surface area contributed by atoms with Gasteiger partial charge in [0.05, 0.1) is 13.0 Å². The summed E-state index contributed by atoms with van der Waals surface area (Å²) < 4.78 is 5.31. The third-order valence-corrected chi connectivity index (χ3v) is 3.12. The van der Waals surface area contributed by atoms with Crippen LogP contribution in [0.1, 0.15) is 40.0 Å². The summed E-state index contributed by atoms with van der Waals surface area (Å²) in [4.78, 5) is 24.8. The number of aliphatic carboxylic acids is 1. The highest BCUT2D eigenvalue weighted by molar-refractivity contribution is 5.76. The Morgan fingerprint density at radius 1 is 1.30 bits per heavy atom. The zero-order chi connectivity index (χ0) is 15.2. The molecule has 1 unspecified atom stereocenters. The maximum absolute atomic E-state index is 12.2. The molecule has 6 nitrogen and oxygen atoms in total. The van der Waals surface area contributed by atoms with Crippen molar-refractivity contribution in [1.29, 1.82) is 0 Å². The van der Waals surface area contributed by atoms with Crippen molar-refractivity contribution in [3.8, 4) is 0 Å². The summed E-state index contributed by atoms with van der Waals surface area (Å²) in [5.41, 5.74) is -0.0324. The smallest absolute Gasteiger partial charge is 0.317 e. The third-order valence-electron chi connectivity index (χ3n) is 3.12. The first-order valence-electron chi connectivity index (χ1n) is 7.13. The zero-order valence-electron chi connectivity index (χ0n) is 12.6. The molecule has 20 heavy (non-hydrogen) atoms. The van der Waals surface area contributed by atoms with Crippen molar-refractivity contribution in [3.05, 3.63) is 0 Å². The van der Waals surface area contributed by atoms with Gasteiger partial charge in [-0.25, -0.2) is 4.79 Å². The van der Waals surface area contributed by atoms with Crippen LogP contribution in [0.5, 0.6) is 0 Å². The minimum absolute atomic E-state index is 0.0324. The van der Waals surface area contributed by atoms with Gasteiger partial charge in [0.25, 0.3) is 0 Å². The molecular formula is C14H26N2O4. The Balaban J connectivity index is 2.57. The lowest BCUT2D eigenvalue weighted by Gasteiger charge is -2.28. The van der Waals surface area contributed by atoms with Crippen LogP contribution in [0.2, 0.25) is 0 Å². The number of nitrogens with zero attached hydrogens (tertiary/aromatic N) is 1. The van der Waals surface area contributed by atoms with Crippen LogP contribution in [0, 0.1) is 5.41 Å². The van der Waals surface area contributed by atoms with Crippen LogP contribution in [0.4, 0.5) is 4.79 Å². The summed E-state index contributed by atoms with van der Waals surface area (Å²) in [7, 11) is 0. The summed E-state index contributed by atoms with van der Waals surface area (Å²) in [6, 6.07) is -0.532. The quantitative estimate of drug-likeness (QED) is 0.824. The normalized spacial score (nSPS) is 18.2. The predicted molar refractivity (Wildman–Crippen MR) is 75.7 cm³/mol. The Bertz CT molecular complexity index is 331. The van der Waals surface area contributed by atoms with Crippen LogP contribution >= 0.6 is 0 Å². The van der Waals surface area contributed by atoms with E-state index in [1.165, 1.54) is 0 Å². The zero-order valence-corrected chi connectivity index (χ0v) is 12.6. The largest absolute Gasteiger partial charge is 0.481 e. The number of carboxylic acids is 1. The molecule has 0 aliphatic carbocycles. The monoisotopic (exact) mass is 286 g/mol. The van der Waals surface area contributed by atoms with Crippen molar-refractivity contribution >= 4 is 12.0 Å². The van der Waals surface area contributed by atoms with Gasteiger partial charge in [0, 0.05) is 25.7 Å². The standard InChI is InChI=1S/C14H26N2O4/c1-14(2,3)10-11(9-12(17)18)15-13(19)16-5-4-7-20-8-6-16/h11H,4-10H2,1-3H3,(H,15,19)(H,17,18). The van der Waals surface area contributed by atoms with Gasteiger partial charge in [-0.15, -0.1) is 0 Å². The molecule has 6 heteroatoms. The van der Waals surface area contributed by atoms with Crippen LogP contribution in [0.15, 0.2) is 0 Å².